The lowest BCUT2D eigenvalue weighted by molar-refractivity contribution is -0.142. The molecule has 30 heavy (non-hydrogen) atoms. The largest absolute Gasteiger partial charge is 0.467 e. The van der Waals surface area contributed by atoms with E-state index in [1.54, 1.807) is 29.1 Å². The number of ether oxygens (including phenoxy) is 1. The van der Waals surface area contributed by atoms with Gasteiger partial charge in [-0.1, -0.05) is 41.1 Å². The molecule has 0 radical (unpaired) electrons. The maximum Gasteiger partial charge on any atom is 0.329 e. The van der Waals surface area contributed by atoms with Gasteiger partial charge in [0.1, 0.15) is 6.04 Å². The third-order valence-corrected chi connectivity index (χ3v) is 4.79. The van der Waals surface area contributed by atoms with Crippen LogP contribution in [0.3, 0.4) is 0 Å². The van der Waals surface area contributed by atoms with Gasteiger partial charge in [0.15, 0.2) is 0 Å². The van der Waals surface area contributed by atoms with E-state index in [1.807, 2.05) is 36.5 Å². The van der Waals surface area contributed by atoms with Gasteiger partial charge in [-0.25, -0.2) is 9.48 Å². The molecule has 0 fully saturated rings. The molecule has 8 heteroatoms. The standard InChI is InChI=1S/C22H17Cl2N3O3/c1-30-22(29)19(26-21(28)20-17(23)6-3-7-18(20)24)8-2-5-15-9-11-16(12-10-15)27-14-4-13-25-27/h3-4,6-7,9-14,19H,8H2,1H3,(H,26,28). The number of carbonyl (C=O) groups is 2. The lowest BCUT2D eigenvalue weighted by atomic mass is 10.1. The van der Waals surface area contributed by atoms with Gasteiger partial charge in [-0.05, 0) is 42.5 Å². The van der Waals surface area contributed by atoms with Crippen LogP contribution in [0.1, 0.15) is 22.3 Å². The minimum Gasteiger partial charge on any atom is -0.467 e. The Morgan fingerprint density at radius 1 is 1.13 bits per heavy atom. The van der Waals surface area contributed by atoms with Crippen molar-refractivity contribution in [1.29, 1.82) is 0 Å². The second-order valence-corrected chi connectivity index (χ2v) is 6.96. The van der Waals surface area contributed by atoms with Crippen LogP contribution in [0.25, 0.3) is 5.69 Å². The minimum absolute atomic E-state index is 0.0569. The van der Waals surface area contributed by atoms with E-state index in [2.05, 4.69) is 22.3 Å². The van der Waals surface area contributed by atoms with Crippen LogP contribution in [-0.4, -0.2) is 34.8 Å². The molecule has 152 valence electrons. The van der Waals surface area contributed by atoms with Crippen LogP contribution in [-0.2, 0) is 9.53 Å². The Bertz CT molecular complexity index is 1080. The van der Waals surface area contributed by atoms with E-state index in [9.17, 15) is 9.59 Å². The number of amides is 1. The second-order valence-electron chi connectivity index (χ2n) is 6.15. The van der Waals surface area contributed by atoms with Crippen LogP contribution in [0.5, 0.6) is 0 Å². The van der Waals surface area contributed by atoms with E-state index in [4.69, 9.17) is 27.9 Å². The van der Waals surface area contributed by atoms with Crippen molar-refractivity contribution in [2.75, 3.05) is 7.11 Å². The summed E-state index contributed by atoms with van der Waals surface area (Å²) in [5.74, 6) is 4.68. The highest BCUT2D eigenvalue weighted by Gasteiger charge is 2.23. The van der Waals surface area contributed by atoms with Crippen LogP contribution in [0.15, 0.2) is 60.9 Å². The monoisotopic (exact) mass is 441 g/mol. The lowest BCUT2D eigenvalue weighted by Gasteiger charge is -2.15. The molecular weight excluding hydrogens is 425 g/mol. The van der Waals surface area contributed by atoms with E-state index >= 15 is 0 Å². The summed E-state index contributed by atoms with van der Waals surface area (Å²) in [7, 11) is 1.24. The second kappa shape index (κ2) is 9.97. The zero-order chi connectivity index (χ0) is 21.5. The molecule has 0 aliphatic rings. The number of nitrogens with zero attached hydrogens (tertiary/aromatic N) is 2. The molecule has 0 saturated carbocycles. The summed E-state index contributed by atoms with van der Waals surface area (Å²) >= 11 is 12.1. The van der Waals surface area contributed by atoms with E-state index < -0.39 is 17.9 Å². The van der Waals surface area contributed by atoms with E-state index in [0.717, 1.165) is 11.3 Å². The molecule has 0 saturated heterocycles. The molecular formula is C22H17Cl2N3O3. The van der Waals surface area contributed by atoms with Crippen LogP contribution in [0.2, 0.25) is 10.0 Å². The van der Waals surface area contributed by atoms with Crippen LogP contribution >= 0.6 is 23.2 Å². The van der Waals surface area contributed by atoms with Gasteiger partial charge in [-0.3, -0.25) is 4.79 Å². The number of carbonyl (C=O) groups excluding carboxylic acids is 2. The lowest BCUT2D eigenvalue weighted by Crippen LogP contribution is -2.41. The number of nitrogens with one attached hydrogen (secondary N) is 1. The fourth-order valence-electron chi connectivity index (χ4n) is 2.65. The van der Waals surface area contributed by atoms with Gasteiger partial charge in [0.25, 0.3) is 5.91 Å². The van der Waals surface area contributed by atoms with Crippen molar-refractivity contribution in [1.82, 2.24) is 15.1 Å². The Balaban J connectivity index is 1.70. The average molecular weight is 442 g/mol. The first-order chi connectivity index (χ1) is 14.5. The molecule has 1 amide bonds. The molecule has 3 rings (SSSR count). The highest BCUT2D eigenvalue weighted by atomic mass is 35.5. The van der Waals surface area contributed by atoms with Gasteiger partial charge in [-0.2, -0.15) is 5.10 Å². The first-order valence-electron chi connectivity index (χ1n) is 8.91. The number of methoxy groups -OCH3 is 1. The number of esters is 1. The summed E-state index contributed by atoms with van der Waals surface area (Å²) in [5, 5.41) is 7.12. The minimum atomic E-state index is -0.967. The molecule has 1 atom stereocenters. The van der Waals surface area contributed by atoms with Crippen LogP contribution in [0.4, 0.5) is 0 Å². The van der Waals surface area contributed by atoms with E-state index in [0.29, 0.717) is 0 Å². The first kappa shape index (κ1) is 21.4. The van der Waals surface area contributed by atoms with Crippen molar-refractivity contribution in [3.63, 3.8) is 0 Å². The van der Waals surface area contributed by atoms with Crippen LogP contribution in [0, 0.1) is 11.8 Å². The molecule has 6 nitrogen and oxygen atoms in total. The summed E-state index contributed by atoms with van der Waals surface area (Å²) < 4.78 is 6.51. The van der Waals surface area contributed by atoms with Gasteiger partial charge in [0.05, 0.1) is 28.4 Å². The predicted molar refractivity (Wildman–Crippen MR) is 115 cm³/mol. The molecule has 1 N–H and O–H groups in total. The topological polar surface area (TPSA) is 73.2 Å². The average Bonchev–Trinajstić information content (AvgIpc) is 3.27. The highest BCUT2D eigenvalue weighted by molar-refractivity contribution is 6.39. The normalized spacial score (nSPS) is 11.2. The molecule has 1 unspecified atom stereocenters. The van der Waals surface area contributed by atoms with E-state index in [-0.39, 0.29) is 22.0 Å². The Labute approximate surface area is 183 Å². The third-order valence-electron chi connectivity index (χ3n) is 4.16. The Morgan fingerprint density at radius 3 is 2.43 bits per heavy atom. The van der Waals surface area contributed by atoms with Gasteiger partial charge >= 0.3 is 5.97 Å². The zero-order valence-corrected chi connectivity index (χ0v) is 17.4. The van der Waals surface area contributed by atoms with Crippen molar-refractivity contribution in [3.05, 3.63) is 82.1 Å². The molecule has 0 spiro atoms. The summed E-state index contributed by atoms with van der Waals surface area (Å²) in [6, 6.07) is 13.0. The van der Waals surface area contributed by atoms with Crippen molar-refractivity contribution in [3.8, 4) is 17.5 Å². The molecule has 3 aromatic rings. The molecule has 0 aliphatic heterocycles. The zero-order valence-electron chi connectivity index (χ0n) is 15.9. The summed E-state index contributed by atoms with van der Waals surface area (Å²) in [5.41, 5.74) is 1.76. The van der Waals surface area contributed by atoms with Crippen molar-refractivity contribution in [2.45, 2.75) is 12.5 Å². The third kappa shape index (κ3) is 5.20. The first-order valence-corrected chi connectivity index (χ1v) is 9.67. The SMILES string of the molecule is COC(=O)C(CC#Cc1ccc(-n2cccn2)cc1)NC(=O)c1c(Cl)cccc1Cl. The van der Waals surface area contributed by atoms with Crippen molar-refractivity contribution < 1.29 is 14.3 Å². The Hall–Kier alpha value is -3.27. The van der Waals surface area contributed by atoms with E-state index in [1.165, 1.54) is 7.11 Å². The number of hydrogen-bond donors (Lipinski definition) is 1. The molecule has 1 heterocycles. The highest BCUT2D eigenvalue weighted by Crippen LogP contribution is 2.24. The predicted octanol–water partition coefficient (Wildman–Crippen LogP) is 3.89. The van der Waals surface area contributed by atoms with Crippen LogP contribution < -0.4 is 5.32 Å². The summed E-state index contributed by atoms with van der Waals surface area (Å²) in [6.45, 7) is 0. The number of aromatic nitrogens is 2. The number of halogens is 2. The van der Waals surface area contributed by atoms with Gasteiger partial charge in [-0.15, -0.1) is 0 Å². The molecule has 0 aliphatic carbocycles. The fourth-order valence-corrected chi connectivity index (χ4v) is 3.22. The maximum atomic E-state index is 12.6. The molecule has 0 bridgehead atoms. The quantitative estimate of drug-likeness (QED) is 0.481. The smallest absolute Gasteiger partial charge is 0.329 e. The molecule has 2 aromatic carbocycles. The van der Waals surface area contributed by atoms with Gasteiger partial charge in [0.2, 0.25) is 0 Å². The van der Waals surface area contributed by atoms with Gasteiger partial charge in [0, 0.05) is 24.4 Å². The number of rotatable bonds is 5. The van der Waals surface area contributed by atoms with Gasteiger partial charge < -0.3 is 10.1 Å². The summed E-state index contributed by atoms with van der Waals surface area (Å²) in [4.78, 5) is 24.6. The Morgan fingerprint density at radius 2 is 1.83 bits per heavy atom. The Kier molecular flexibility index (Phi) is 7.12. The molecule has 1 aromatic heterocycles. The number of benzene rings is 2. The van der Waals surface area contributed by atoms with Crippen molar-refractivity contribution in [2.24, 2.45) is 0 Å². The number of hydrogen-bond acceptors (Lipinski definition) is 4. The summed E-state index contributed by atoms with van der Waals surface area (Å²) in [6.07, 6.45) is 3.60. The maximum absolute atomic E-state index is 12.6. The van der Waals surface area contributed by atoms with Crippen molar-refractivity contribution >= 4 is 35.1 Å². The fraction of sp³-hybridized carbons (Fsp3) is 0.136.